The van der Waals surface area contributed by atoms with Crippen molar-refractivity contribution in [2.75, 3.05) is 13.2 Å². The van der Waals surface area contributed by atoms with Crippen molar-refractivity contribution in [1.82, 2.24) is 4.90 Å². The molecule has 2 unspecified atom stereocenters. The van der Waals surface area contributed by atoms with Crippen molar-refractivity contribution in [3.05, 3.63) is 75.8 Å². The van der Waals surface area contributed by atoms with Crippen LogP contribution in [-0.4, -0.2) is 41.0 Å². The summed E-state index contributed by atoms with van der Waals surface area (Å²) >= 11 is 6.03. The van der Waals surface area contributed by atoms with Crippen LogP contribution in [0.2, 0.25) is 5.02 Å². The lowest BCUT2D eigenvalue weighted by atomic mass is 9.95. The summed E-state index contributed by atoms with van der Waals surface area (Å²) in [5, 5.41) is 11.5. The van der Waals surface area contributed by atoms with Crippen molar-refractivity contribution in [3.8, 4) is 0 Å². The number of amides is 1. The highest BCUT2D eigenvalue weighted by Gasteiger charge is 2.47. The summed E-state index contributed by atoms with van der Waals surface area (Å²) < 4.78 is 5.69. The first-order valence-electron chi connectivity index (χ1n) is 9.68. The van der Waals surface area contributed by atoms with E-state index in [4.69, 9.17) is 16.3 Å². The van der Waals surface area contributed by atoms with Gasteiger partial charge in [-0.2, -0.15) is 0 Å². The standard InChI is InChI=1S/C23H22ClNO4/c1-14-4-6-16(7-5-14)21(26)19-20(15-8-10-17(24)11-9-15)25(23(28)22(19)27)13-18-3-2-12-29-18/h4-11,18,20,26H,2-3,12-13H2,1H3/b21-19-. The number of aryl methyl sites for hydroxylation is 1. The number of hydrogen-bond donors (Lipinski definition) is 1. The molecule has 2 aliphatic heterocycles. The maximum Gasteiger partial charge on any atom is 0.295 e. The number of aliphatic hydroxyl groups excluding tert-OH is 1. The van der Waals surface area contributed by atoms with Crippen LogP contribution < -0.4 is 0 Å². The molecule has 0 bridgehead atoms. The van der Waals surface area contributed by atoms with Crippen LogP contribution in [0.3, 0.4) is 0 Å². The summed E-state index contributed by atoms with van der Waals surface area (Å²) in [6.07, 6.45) is 1.67. The number of likely N-dealkylation sites (tertiary alicyclic amines) is 1. The fraction of sp³-hybridized carbons (Fsp3) is 0.304. The maximum atomic E-state index is 12.9. The molecule has 2 aromatic carbocycles. The molecule has 6 heteroatoms. The number of hydrogen-bond acceptors (Lipinski definition) is 4. The first kappa shape index (κ1) is 19.7. The Labute approximate surface area is 174 Å². The molecule has 2 heterocycles. The largest absolute Gasteiger partial charge is 0.507 e. The Balaban J connectivity index is 1.81. The summed E-state index contributed by atoms with van der Waals surface area (Å²) in [4.78, 5) is 27.4. The minimum atomic E-state index is -0.683. The van der Waals surface area contributed by atoms with Crippen LogP contribution >= 0.6 is 11.6 Å². The average Bonchev–Trinajstić information content (AvgIpc) is 3.31. The van der Waals surface area contributed by atoms with Gasteiger partial charge in [0.05, 0.1) is 17.7 Å². The van der Waals surface area contributed by atoms with Gasteiger partial charge in [0.2, 0.25) is 0 Å². The molecule has 150 valence electrons. The predicted molar refractivity (Wildman–Crippen MR) is 111 cm³/mol. The number of benzene rings is 2. The average molecular weight is 412 g/mol. The summed E-state index contributed by atoms with van der Waals surface area (Å²) in [7, 11) is 0. The van der Waals surface area contributed by atoms with Crippen molar-refractivity contribution >= 4 is 29.1 Å². The van der Waals surface area contributed by atoms with E-state index in [1.165, 1.54) is 4.90 Å². The molecule has 0 radical (unpaired) electrons. The number of halogens is 1. The topological polar surface area (TPSA) is 66.8 Å². The first-order chi connectivity index (χ1) is 14.0. The fourth-order valence-corrected chi connectivity index (χ4v) is 4.06. The number of rotatable bonds is 4. The Morgan fingerprint density at radius 3 is 2.45 bits per heavy atom. The Morgan fingerprint density at radius 2 is 1.83 bits per heavy atom. The molecule has 1 amide bonds. The van der Waals surface area contributed by atoms with Gasteiger partial charge in [-0.25, -0.2) is 0 Å². The Morgan fingerprint density at radius 1 is 1.14 bits per heavy atom. The van der Waals surface area contributed by atoms with Crippen LogP contribution in [0.5, 0.6) is 0 Å². The minimum Gasteiger partial charge on any atom is -0.507 e. The molecule has 1 N–H and O–H groups in total. The lowest BCUT2D eigenvalue weighted by molar-refractivity contribution is -0.140. The van der Waals surface area contributed by atoms with E-state index >= 15 is 0 Å². The molecule has 2 aliphatic rings. The molecule has 2 fully saturated rings. The summed E-state index contributed by atoms with van der Waals surface area (Å²) in [6, 6.07) is 13.5. The lowest BCUT2D eigenvalue weighted by Gasteiger charge is -2.27. The quantitative estimate of drug-likeness (QED) is 0.464. The van der Waals surface area contributed by atoms with Gasteiger partial charge in [0, 0.05) is 23.7 Å². The van der Waals surface area contributed by atoms with E-state index in [1.807, 2.05) is 19.1 Å². The van der Waals surface area contributed by atoms with Crippen LogP contribution in [0, 0.1) is 6.92 Å². The summed E-state index contributed by atoms with van der Waals surface area (Å²) in [6.45, 7) is 2.91. The molecular formula is C23H22ClNO4. The number of nitrogens with zero attached hydrogens (tertiary/aromatic N) is 1. The van der Waals surface area contributed by atoms with Crippen LogP contribution in [0.4, 0.5) is 0 Å². The Bertz CT molecular complexity index is 959. The number of carbonyl (C=O) groups is 2. The molecule has 2 aromatic rings. The normalized spacial score (nSPS) is 23.7. The smallest absolute Gasteiger partial charge is 0.295 e. The molecule has 0 spiro atoms. The highest BCUT2D eigenvalue weighted by atomic mass is 35.5. The molecule has 5 nitrogen and oxygen atoms in total. The van der Waals surface area contributed by atoms with E-state index in [0.29, 0.717) is 23.7 Å². The number of carbonyl (C=O) groups excluding carboxylic acids is 2. The van der Waals surface area contributed by atoms with E-state index in [2.05, 4.69) is 0 Å². The van der Waals surface area contributed by atoms with Crippen LogP contribution in [0.15, 0.2) is 54.1 Å². The molecule has 4 rings (SSSR count). The number of Topliss-reactive ketones (excluding diaryl/α,β-unsaturated/α-hetero) is 1. The molecule has 0 saturated carbocycles. The third kappa shape index (κ3) is 3.80. The highest BCUT2D eigenvalue weighted by Crippen LogP contribution is 2.40. The SMILES string of the molecule is Cc1ccc(/C(O)=C2/C(=O)C(=O)N(CC3CCCO3)C2c2ccc(Cl)cc2)cc1. The molecule has 0 aromatic heterocycles. The second-order valence-corrected chi connectivity index (χ2v) is 7.94. The summed E-state index contributed by atoms with van der Waals surface area (Å²) in [5.41, 5.74) is 2.36. The van der Waals surface area contributed by atoms with Gasteiger partial charge in [-0.15, -0.1) is 0 Å². The van der Waals surface area contributed by atoms with Crippen LogP contribution in [0.25, 0.3) is 5.76 Å². The van der Waals surface area contributed by atoms with Crippen LogP contribution in [-0.2, 0) is 14.3 Å². The molecule has 29 heavy (non-hydrogen) atoms. The van der Waals surface area contributed by atoms with Gasteiger partial charge in [0.1, 0.15) is 5.76 Å². The zero-order chi connectivity index (χ0) is 20.5. The maximum absolute atomic E-state index is 12.9. The minimum absolute atomic E-state index is 0.0965. The van der Waals surface area contributed by atoms with Crippen LogP contribution in [0.1, 0.15) is 35.6 Å². The first-order valence-corrected chi connectivity index (χ1v) is 10.1. The third-order valence-corrected chi connectivity index (χ3v) is 5.73. The lowest BCUT2D eigenvalue weighted by Crippen LogP contribution is -2.36. The van der Waals surface area contributed by atoms with E-state index in [0.717, 1.165) is 24.0 Å². The van der Waals surface area contributed by atoms with Gasteiger partial charge in [0.25, 0.3) is 11.7 Å². The van der Waals surface area contributed by atoms with Crippen molar-refractivity contribution in [2.45, 2.75) is 31.9 Å². The zero-order valence-electron chi connectivity index (χ0n) is 16.1. The predicted octanol–water partition coefficient (Wildman–Crippen LogP) is 4.25. The summed E-state index contributed by atoms with van der Waals surface area (Å²) in [5.74, 6) is -1.46. The second kappa shape index (κ2) is 8.01. The van der Waals surface area contributed by atoms with Crippen molar-refractivity contribution in [2.24, 2.45) is 0 Å². The Kier molecular flexibility index (Phi) is 5.43. The van der Waals surface area contributed by atoms with E-state index in [-0.39, 0.29) is 17.4 Å². The van der Waals surface area contributed by atoms with E-state index < -0.39 is 17.7 Å². The van der Waals surface area contributed by atoms with Crippen molar-refractivity contribution in [3.63, 3.8) is 0 Å². The monoisotopic (exact) mass is 411 g/mol. The fourth-order valence-electron chi connectivity index (χ4n) is 3.93. The van der Waals surface area contributed by atoms with Crippen molar-refractivity contribution in [1.29, 1.82) is 0 Å². The number of ketones is 1. The molecule has 0 aliphatic carbocycles. The zero-order valence-corrected chi connectivity index (χ0v) is 16.9. The highest BCUT2D eigenvalue weighted by molar-refractivity contribution is 6.46. The number of aliphatic hydroxyl groups is 1. The third-order valence-electron chi connectivity index (χ3n) is 5.48. The van der Waals surface area contributed by atoms with Crippen molar-refractivity contribution < 1.29 is 19.4 Å². The van der Waals surface area contributed by atoms with Gasteiger partial charge in [-0.05, 0) is 37.5 Å². The van der Waals surface area contributed by atoms with Gasteiger partial charge in [0.15, 0.2) is 0 Å². The number of ether oxygens (including phenoxy) is 1. The van der Waals surface area contributed by atoms with E-state index in [1.54, 1.807) is 36.4 Å². The molecule has 2 saturated heterocycles. The molecule has 2 atom stereocenters. The molecular weight excluding hydrogens is 390 g/mol. The van der Waals surface area contributed by atoms with Gasteiger partial charge < -0.3 is 14.7 Å². The Hall–Kier alpha value is -2.63. The van der Waals surface area contributed by atoms with Gasteiger partial charge in [-0.1, -0.05) is 53.6 Å². The van der Waals surface area contributed by atoms with E-state index in [9.17, 15) is 14.7 Å². The second-order valence-electron chi connectivity index (χ2n) is 7.50. The van der Waals surface area contributed by atoms with Gasteiger partial charge >= 0.3 is 0 Å². The van der Waals surface area contributed by atoms with Gasteiger partial charge in [-0.3, -0.25) is 9.59 Å².